The van der Waals surface area contributed by atoms with Gasteiger partial charge in [-0.05, 0) is 75.6 Å². The predicted molar refractivity (Wildman–Crippen MR) is 160 cm³/mol. The Morgan fingerprint density at radius 2 is 1.90 bits per heavy atom. The van der Waals surface area contributed by atoms with Gasteiger partial charge in [0, 0.05) is 54.4 Å². The highest BCUT2D eigenvalue weighted by atomic mass is 35.5. The van der Waals surface area contributed by atoms with E-state index < -0.39 is 12.0 Å². The van der Waals surface area contributed by atoms with Crippen molar-refractivity contribution in [1.29, 1.82) is 0 Å². The van der Waals surface area contributed by atoms with E-state index >= 15 is 4.39 Å². The minimum atomic E-state index is -0.863. The SMILES string of the molecule is Cc1nc(-c2cc(N)cc(Cl)c2C2CC2)c(F)c2nc(OC[C@@]34CCCN3C[C@H](F)C4)nc(N3C[C@H]4CC[C@@H](C3)N4)c12. The van der Waals surface area contributed by atoms with Gasteiger partial charge in [0.2, 0.25) is 0 Å². The van der Waals surface area contributed by atoms with Crippen molar-refractivity contribution in [3.8, 4) is 17.3 Å². The number of hydrogen-bond acceptors (Lipinski definition) is 8. The molecular formula is C31H36ClF2N7O. The van der Waals surface area contributed by atoms with Gasteiger partial charge in [0.1, 0.15) is 29.8 Å². The Bertz CT molecular complexity index is 1570. The molecule has 4 saturated heterocycles. The topological polar surface area (TPSA) is 92.4 Å². The maximum absolute atomic E-state index is 16.8. The maximum atomic E-state index is 16.8. The number of halogens is 3. The molecule has 42 heavy (non-hydrogen) atoms. The van der Waals surface area contributed by atoms with E-state index in [2.05, 4.69) is 20.1 Å². The second-order valence-electron chi connectivity index (χ2n) is 13.1. The fourth-order valence-corrected chi connectivity index (χ4v) is 8.40. The Kier molecular flexibility index (Phi) is 6.28. The summed E-state index contributed by atoms with van der Waals surface area (Å²) in [6.45, 7) is 5.00. The smallest absolute Gasteiger partial charge is 0.319 e. The van der Waals surface area contributed by atoms with Crippen molar-refractivity contribution in [2.24, 2.45) is 0 Å². The highest BCUT2D eigenvalue weighted by Crippen LogP contribution is 2.49. The Morgan fingerprint density at radius 3 is 2.67 bits per heavy atom. The first-order valence-corrected chi connectivity index (χ1v) is 15.7. The third-order valence-corrected chi connectivity index (χ3v) is 10.4. The summed E-state index contributed by atoms with van der Waals surface area (Å²) in [5.41, 5.74) is 8.83. The van der Waals surface area contributed by atoms with E-state index in [0.29, 0.717) is 58.2 Å². The van der Waals surface area contributed by atoms with Crippen molar-refractivity contribution in [2.75, 3.05) is 43.4 Å². The van der Waals surface area contributed by atoms with Gasteiger partial charge in [0.15, 0.2) is 5.82 Å². The quantitative estimate of drug-likeness (QED) is 0.378. The molecule has 6 heterocycles. The van der Waals surface area contributed by atoms with E-state index in [-0.39, 0.29) is 35.3 Å². The lowest BCUT2D eigenvalue weighted by Gasteiger charge is -2.35. The Hall–Kier alpha value is -2.82. The number of rotatable bonds is 6. The number of ether oxygens (including phenoxy) is 1. The summed E-state index contributed by atoms with van der Waals surface area (Å²) in [5, 5.41) is 4.80. The van der Waals surface area contributed by atoms with E-state index in [1.807, 2.05) is 6.92 Å². The van der Waals surface area contributed by atoms with Crippen LogP contribution in [0, 0.1) is 12.7 Å². The standard InChI is InChI=1S/C31H36ClF2N7O/c1-16-24-28(26(34)27(36-16)22-9-19(35)10-23(32)25(22)17-3-4-17)38-30(39-29(24)40-13-20-5-6-21(14-40)37-20)42-15-31-7-2-8-41(31)12-18(33)11-31/h9-10,17-18,20-21,37H,2-8,11-15,35H2,1H3/t18-,20-,21+,31+/m1/s1. The molecule has 11 heteroatoms. The minimum absolute atomic E-state index is 0.121. The van der Waals surface area contributed by atoms with Crippen LogP contribution in [-0.2, 0) is 0 Å². The summed E-state index contributed by atoms with van der Waals surface area (Å²) in [5.74, 6) is 0.379. The number of pyridine rings is 1. The van der Waals surface area contributed by atoms with Crippen LogP contribution in [0.5, 0.6) is 6.01 Å². The summed E-state index contributed by atoms with van der Waals surface area (Å²) >= 11 is 6.65. The summed E-state index contributed by atoms with van der Waals surface area (Å²) in [6, 6.07) is 4.33. The van der Waals surface area contributed by atoms with Gasteiger partial charge in [-0.15, -0.1) is 0 Å². The first-order chi connectivity index (χ1) is 20.3. The largest absolute Gasteiger partial charge is 0.461 e. The molecule has 1 aromatic carbocycles. The Balaban J connectivity index is 1.26. The molecule has 0 unspecified atom stereocenters. The molecule has 0 spiro atoms. The number of fused-ring (bicyclic) bond motifs is 4. The molecule has 5 aliphatic rings. The summed E-state index contributed by atoms with van der Waals surface area (Å²) < 4.78 is 37.5. The molecular weight excluding hydrogens is 560 g/mol. The van der Waals surface area contributed by atoms with Crippen LogP contribution in [0.25, 0.3) is 22.2 Å². The van der Waals surface area contributed by atoms with Crippen molar-refractivity contribution in [3.63, 3.8) is 0 Å². The molecule has 8 rings (SSSR count). The van der Waals surface area contributed by atoms with Crippen LogP contribution < -0.4 is 20.7 Å². The average Bonchev–Trinajstić information content (AvgIpc) is 3.53. The number of nitrogens with two attached hydrogens (primary N) is 1. The number of anilines is 2. The lowest BCUT2D eigenvalue weighted by molar-refractivity contribution is 0.107. The molecule has 5 fully saturated rings. The Morgan fingerprint density at radius 1 is 1.12 bits per heavy atom. The van der Waals surface area contributed by atoms with Gasteiger partial charge in [-0.3, -0.25) is 4.90 Å². The first-order valence-electron chi connectivity index (χ1n) is 15.3. The number of nitrogens with one attached hydrogen (secondary N) is 1. The monoisotopic (exact) mass is 595 g/mol. The van der Waals surface area contributed by atoms with Gasteiger partial charge in [0.25, 0.3) is 0 Å². The Labute approximate surface area is 249 Å². The minimum Gasteiger partial charge on any atom is -0.461 e. The number of nitrogens with zero attached hydrogens (tertiary/aromatic N) is 5. The molecule has 4 aliphatic heterocycles. The second kappa shape index (κ2) is 9.86. The van der Waals surface area contributed by atoms with E-state index in [0.717, 1.165) is 63.7 Å². The van der Waals surface area contributed by atoms with E-state index in [1.54, 1.807) is 12.1 Å². The third-order valence-electron chi connectivity index (χ3n) is 10.1. The lowest BCUT2D eigenvalue weighted by atomic mass is 9.95. The van der Waals surface area contributed by atoms with Gasteiger partial charge in [-0.1, -0.05) is 11.6 Å². The van der Waals surface area contributed by atoms with Crippen molar-refractivity contribution in [1.82, 2.24) is 25.2 Å². The highest BCUT2D eigenvalue weighted by Gasteiger charge is 2.49. The summed E-state index contributed by atoms with van der Waals surface area (Å²) in [7, 11) is 0. The van der Waals surface area contributed by atoms with Crippen molar-refractivity contribution >= 4 is 34.0 Å². The van der Waals surface area contributed by atoms with Crippen LogP contribution in [0.4, 0.5) is 20.3 Å². The van der Waals surface area contributed by atoms with Crippen molar-refractivity contribution in [2.45, 2.75) is 81.6 Å². The van der Waals surface area contributed by atoms with Gasteiger partial charge in [-0.2, -0.15) is 9.97 Å². The molecule has 2 bridgehead atoms. The number of aryl methyl sites for hydroxylation is 1. The number of piperazine rings is 1. The van der Waals surface area contributed by atoms with Crippen molar-refractivity contribution in [3.05, 3.63) is 34.2 Å². The van der Waals surface area contributed by atoms with Gasteiger partial charge in [-0.25, -0.2) is 13.8 Å². The second-order valence-corrected chi connectivity index (χ2v) is 13.5. The molecule has 2 aromatic heterocycles. The van der Waals surface area contributed by atoms with Crippen LogP contribution in [0.2, 0.25) is 5.02 Å². The number of alkyl halides is 1. The third kappa shape index (κ3) is 4.40. The lowest BCUT2D eigenvalue weighted by Crippen LogP contribution is -2.51. The zero-order chi connectivity index (χ0) is 28.7. The summed E-state index contributed by atoms with van der Waals surface area (Å²) in [4.78, 5) is 18.8. The molecule has 0 radical (unpaired) electrons. The zero-order valence-electron chi connectivity index (χ0n) is 23.8. The van der Waals surface area contributed by atoms with Gasteiger partial charge >= 0.3 is 6.01 Å². The number of nitrogen functional groups attached to an aromatic ring is 1. The van der Waals surface area contributed by atoms with Crippen LogP contribution in [0.1, 0.15) is 62.1 Å². The van der Waals surface area contributed by atoms with Crippen LogP contribution in [0.3, 0.4) is 0 Å². The summed E-state index contributed by atoms with van der Waals surface area (Å²) in [6.07, 6.45) is 5.67. The average molecular weight is 596 g/mol. The number of aromatic nitrogens is 3. The molecule has 3 aromatic rings. The van der Waals surface area contributed by atoms with Crippen LogP contribution in [0.15, 0.2) is 12.1 Å². The molecule has 1 saturated carbocycles. The van der Waals surface area contributed by atoms with Gasteiger partial charge < -0.3 is 20.7 Å². The van der Waals surface area contributed by atoms with Crippen molar-refractivity contribution < 1.29 is 13.5 Å². The molecule has 3 N–H and O–H groups in total. The molecule has 222 valence electrons. The molecule has 8 nitrogen and oxygen atoms in total. The molecule has 4 atom stereocenters. The number of benzene rings is 1. The van der Waals surface area contributed by atoms with Crippen LogP contribution in [-0.4, -0.2) is 76.4 Å². The van der Waals surface area contributed by atoms with Gasteiger partial charge in [0.05, 0.1) is 16.6 Å². The zero-order valence-corrected chi connectivity index (χ0v) is 24.6. The maximum Gasteiger partial charge on any atom is 0.319 e. The number of hydrogen-bond donors (Lipinski definition) is 2. The van der Waals surface area contributed by atoms with E-state index in [9.17, 15) is 4.39 Å². The first kappa shape index (κ1) is 26.8. The fraction of sp³-hybridized carbons (Fsp3) is 0.581. The molecule has 1 aliphatic carbocycles. The predicted octanol–water partition coefficient (Wildman–Crippen LogP) is 5.15. The molecule has 0 amide bonds. The normalized spacial score (nSPS) is 29.0. The van der Waals surface area contributed by atoms with E-state index in [4.69, 9.17) is 32.0 Å². The fourth-order valence-electron chi connectivity index (χ4n) is 8.02. The van der Waals surface area contributed by atoms with Crippen LogP contribution >= 0.6 is 11.6 Å². The highest BCUT2D eigenvalue weighted by molar-refractivity contribution is 6.32. The van der Waals surface area contributed by atoms with E-state index in [1.165, 1.54) is 0 Å².